The van der Waals surface area contributed by atoms with Crippen LogP contribution in [0.25, 0.3) is 0 Å². The van der Waals surface area contributed by atoms with Crippen molar-refractivity contribution in [3.05, 3.63) is 65.2 Å². The van der Waals surface area contributed by atoms with Crippen molar-refractivity contribution in [3.8, 4) is 0 Å². The molecule has 32 heavy (non-hydrogen) atoms. The van der Waals surface area contributed by atoms with Crippen molar-refractivity contribution < 1.29 is 13.2 Å². The van der Waals surface area contributed by atoms with E-state index in [1.807, 2.05) is 30.3 Å². The minimum absolute atomic E-state index is 0.130. The molecule has 1 saturated heterocycles. The molecular weight excluding hydrogens is 488 g/mol. The van der Waals surface area contributed by atoms with Crippen molar-refractivity contribution in [3.63, 3.8) is 0 Å². The molecule has 0 saturated carbocycles. The molecule has 0 unspecified atom stereocenters. The summed E-state index contributed by atoms with van der Waals surface area (Å²) in [6.45, 7) is 0.513. The largest absolute Gasteiger partial charge is 0.300 e. The minimum Gasteiger partial charge on any atom is -0.300 e. The molecule has 2 aromatic carbocycles. The molecule has 7 nitrogen and oxygen atoms in total. The summed E-state index contributed by atoms with van der Waals surface area (Å²) in [5, 5.41) is 11.9. The Bertz CT molecular complexity index is 1170. The van der Waals surface area contributed by atoms with Crippen LogP contribution in [0.3, 0.4) is 0 Å². The highest BCUT2D eigenvalue weighted by atomic mass is 35.5. The van der Waals surface area contributed by atoms with Gasteiger partial charge < -0.3 is 5.32 Å². The third kappa shape index (κ3) is 5.68. The maximum absolute atomic E-state index is 12.9. The zero-order valence-electron chi connectivity index (χ0n) is 17.0. The topological polar surface area (TPSA) is 92.3 Å². The second-order valence-corrected chi connectivity index (χ2v) is 11.9. The van der Waals surface area contributed by atoms with Gasteiger partial charge in [-0.2, -0.15) is 4.31 Å². The number of anilines is 1. The molecule has 0 spiro atoms. The Kier molecular flexibility index (Phi) is 7.47. The van der Waals surface area contributed by atoms with Gasteiger partial charge >= 0.3 is 0 Å². The van der Waals surface area contributed by atoms with Gasteiger partial charge in [0, 0.05) is 23.9 Å². The molecule has 1 aliphatic rings. The number of halogens is 1. The molecule has 1 amide bonds. The summed E-state index contributed by atoms with van der Waals surface area (Å²) in [7, 11) is -3.68. The van der Waals surface area contributed by atoms with Gasteiger partial charge in [-0.25, -0.2) is 8.42 Å². The van der Waals surface area contributed by atoms with Crippen LogP contribution in [0.1, 0.15) is 18.4 Å². The van der Waals surface area contributed by atoms with Crippen LogP contribution in [0.15, 0.2) is 63.8 Å². The number of piperidine rings is 1. The molecule has 1 N–H and O–H groups in total. The number of carbonyl (C=O) groups excluding carboxylic acids is 1. The lowest BCUT2D eigenvalue weighted by atomic mass is 9.99. The Hall–Kier alpha value is -1.98. The van der Waals surface area contributed by atoms with Gasteiger partial charge in [0.1, 0.15) is 0 Å². The van der Waals surface area contributed by atoms with E-state index in [0.29, 0.717) is 29.5 Å². The van der Waals surface area contributed by atoms with Gasteiger partial charge in [0.05, 0.1) is 10.8 Å². The normalized spacial score (nSPS) is 17.2. The van der Waals surface area contributed by atoms with E-state index in [-0.39, 0.29) is 17.3 Å². The number of aromatic nitrogens is 2. The molecule has 11 heteroatoms. The second kappa shape index (κ2) is 10.3. The molecular formula is C21H21ClN4O3S3. The average Bonchev–Trinajstić information content (AvgIpc) is 3.26. The Morgan fingerprint density at radius 2 is 1.91 bits per heavy atom. The maximum atomic E-state index is 12.9. The van der Waals surface area contributed by atoms with Gasteiger partial charge in [-0.1, -0.05) is 65.0 Å². The van der Waals surface area contributed by atoms with Crippen molar-refractivity contribution in [2.75, 3.05) is 18.4 Å². The van der Waals surface area contributed by atoms with Crippen molar-refractivity contribution in [2.45, 2.75) is 27.8 Å². The fourth-order valence-corrected chi connectivity index (χ4v) is 6.74. The van der Waals surface area contributed by atoms with Crippen LogP contribution in [0.2, 0.25) is 5.02 Å². The summed E-state index contributed by atoms with van der Waals surface area (Å²) in [6, 6.07) is 16.1. The number of benzene rings is 2. The van der Waals surface area contributed by atoms with Crippen molar-refractivity contribution in [2.24, 2.45) is 5.92 Å². The van der Waals surface area contributed by atoms with E-state index in [4.69, 9.17) is 11.6 Å². The summed E-state index contributed by atoms with van der Waals surface area (Å²) in [5.74, 6) is 0.0794. The summed E-state index contributed by atoms with van der Waals surface area (Å²) in [4.78, 5) is 13.0. The van der Waals surface area contributed by atoms with Gasteiger partial charge in [0.25, 0.3) is 0 Å². The van der Waals surface area contributed by atoms with Gasteiger partial charge in [0.2, 0.25) is 21.1 Å². The zero-order chi connectivity index (χ0) is 22.6. The fraction of sp³-hybridized carbons (Fsp3) is 0.286. The number of nitrogens with zero attached hydrogens (tertiary/aromatic N) is 3. The molecule has 0 aliphatic carbocycles. The third-order valence-corrected chi connectivity index (χ3v) is 9.22. The van der Waals surface area contributed by atoms with Crippen LogP contribution >= 0.6 is 34.7 Å². The average molecular weight is 509 g/mol. The third-order valence-electron chi connectivity index (χ3n) is 5.05. The Labute approximate surface area is 200 Å². The van der Waals surface area contributed by atoms with Crippen LogP contribution in [0.4, 0.5) is 5.13 Å². The molecule has 4 rings (SSSR count). The van der Waals surface area contributed by atoms with E-state index in [1.165, 1.54) is 33.3 Å². The molecule has 168 valence electrons. The molecule has 2 heterocycles. The quantitative estimate of drug-likeness (QED) is 0.372. The van der Waals surface area contributed by atoms with E-state index < -0.39 is 15.9 Å². The zero-order valence-corrected chi connectivity index (χ0v) is 20.2. The first-order valence-electron chi connectivity index (χ1n) is 9.98. The molecule has 3 aromatic rings. The number of rotatable bonds is 7. The molecule has 1 fully saturated rings. The highest BCUT2D eigenvalue weighted by Crippen LogP contribution is 2.30. The number of nitrogens with one attached hydrogen (secondary N) is 1. The van der Waals surface area contributed by atoms with Crippen molar-refractivity contribution >= 4 is 55.8 Å². The summed E-state index contributed by atoms with van der Waals surface area (Å²) < 4.78 is 28.0. The van der Waals surface area contributed by atoms with Crippen molar-refractivity contribution in [1.82, 2.24) is 14.5 Å². The van der Waals surface area contributed by atoms with Crippen LogP contribution in [0.5, 0.6) is 0 Å². The van der Waals surface area contributed by atoms with Gasteiger partial charge in [-0.15, -0.1) is 10.2 Å². The number of hydrogen-bond donors (Lipinski definition) is 1. The first-order valence-corrected chi connectivity index (χ1v) is 13.6. The monoisotopic (exact) mass is 508 g/mol. The SMILES string of the molecule is O=C(Nc1nnc(SCc2ccccc2)s1)[C@@H]1CCCN(S(=O)(=O)c2ccc(Cl)cc2)C1. The van der Waals surface area contributed by atoms with Crippen LogP contribution in [-0.2, 0) is 20.6 Å². The van der Waals surface area contributed by atoms with Gasteiger partial charge in [-0.05, 0) is 42.7 Å². The standard InChI is InChI=1S/C21H21ClN4O3S3/c22-17-8-10-18(11-9-17)32(28,29)26-12-4-7-16(13-26)19(27)23-20-24-25-21(31-20)30-14-15-5-2-1-3-6-15/h1-3,5-6,8-11,16H,4,7,12-14H2,(H,23,24,27)/t16-/m1/s1. The molecule has 0 bridgehead atoms. The number of amides is 1. The number of thioether (sulfide) groups is 1. The van der Waals surface area contributed by atoms with Crippen molar-refractivity contribution in [1.29, 1.82) is 0 Å². The van der Waals surface area contributed by atoms with Crippen LogP contribution in [-0.4, -0.2) is 41.9 Å². The van der Waals surface area contributed by atoms with Gasteiger partial charge in [-0.3, -0.25) is 4.79 Å². The first-order chi connectivity index (χ1) is 15.4. The number of hydrogen-bond acceptors (Lipinski definition) is 7. The lowest BCUT2D eigenvalue weighted by Crippen LogP contribution is -2.43. The Morgan fingerprint density at radius 1 is 1.16 bits per heavy atom. The highest BCUT2D eigenvalue weighted by molar-refractivity contribution is 8.00. The molecule has 1 aliphatic heterocycles. The number of sulfonamides is 1. The minimum atomic E-state index is -3.68. The lowest BCUT2D eigenvalue weighted by molar-refractivity contribution is -0.120. The Morgan fingerprint density at radius 3 is 2.66 bits per heavy atom. The molecule has 0 radical (unpaired) electrons. The summed E-state index contributed by atoms with van der Waals surface area (Å²) in [5.41, 5.74) is 1.18. The maximum Gasteiger partial charge on any atom is 0.243 e. The van der Waals surface area contributed by atoms with Gasteiger partial charge in [0.15, 0.2) is 4.34 Å². The highest BCUT2D eigenvalue weighted by Gasteiger charge is 2.33. The van der Waals surface area contributed by atoms with E-state index in [0.717, 1.165) is 10.1 Å². The lowest BCUT2D eigenvalue weighted by Gasteiger charge is -2.31. The van der Waals surface area contributed by atoms with E-state index in [1.54, 1.807) is 23.9 Å². The first kappa shape index (κ1) is 23.2. The second-order valence-electron chi connectivity index (χ2n) is 7.29. The molecule has 1 aromatic heterocycles. The summed E-state index contributed by atoms with van der Waals surface area (Å²) in [6.07, 6.45) is 1.23. The van der Waals surface area contributed by atoms with E-state index >= 15 is 0 Å². The predicted molar refractivity (Wildman–Crippen MR) is 127 cm³/mol. The van der Waals surface area contributed by atoms with E-state index in [2.05, 4.69) is 15.5 Å². The molecule has 1 atom stereocenters. The Balaban J connectivity index is 1.35. The van der Waals surface area contributed by atoms with Crippen LogP contribution < -0.4 is 5.32 Å². The smallest absolute Gasteiger partial charge is 0.243 e. The van der Waals surface area contributed by atoms with E-state index in [9.17, 15) is 13.2 Å². The number of carbonyl (C=O) groups is 1. The van der Waals surface area contributed by atoms with Crippen LogP contribution in [0, 0.1) is 5.92 Å². The predicted octanol–water partition coefficient (Wildman–Crippen LogP) is 4.52. The fourth-order valence-electron chi connectivity index (χ4n) is 3.38. The summed E-state index contributed by atoms with van der Waals surface area (Å²) >= 11 is 8.74.